The number of phenols is 1. The van der Waals surface area contributed by atoms with E-state index in [0.29, 0.717) is 0 Å². The number of aromatic hydroxyl groups is 1. The van der Waals surface area contributed by atoms with Gasteiger partial charge < -0.3 is 5.11 Å². The summed E-state index contributed by atoms with van der Waals surface area (Å²) in [6.07, 6.45) is 3.18. The molecule has 16 heavy (non-hydrogen) atoms. The molecule has 0 aliphatic heterocycles. The number of para-hydroxylation sites is 1. The van der Waals surface area contributed by atoms with Gasteiger partial charge in [0.2, 0.25) is 6.08 Å². The highest BCUT2D eigenvalue weighted by Gasteiger charge is 2.51. The molecule has 3 nitrogen and oxygen atoms in total. The zero-order valence-electron chi connectivity index (χ0n) is 9.53. The van der Waals surface area contributed by atoms with Gasteiger partial charge in [0.15, 0.2) is 0 Å². The van der Waals surface area contributed by atoms with E-state index >= 15 is 0 Å². The normalized spacial score (nSPS) is 20.6. The van der Waals surface area contributed by atoms with Crippen LogP contribution >= 0.6 is 0 Å². The van der Waals surface area contributed by atoms with Crippen LogP contribution in [0.4, 0.5) is 0 Å². The summed E-state index contributed by atoms with van der Waals surface area (Å²) in [7, 11) is 0. The SMILES string of the molecule is CC1(C)CC(N=C=O)(c2ccccc2O)C1. The molecule has 0 spiro atoms. The molecule has 0 bridgehead atoms. The number of hydrogen-bond donors (Lipinski definition) is 1. The number of carbonyl (C=O) groups excluding carboxylic acids is 1. The lowest BCUT2D eigenvalue weighted by Crippen LogP contribution is -2.45. The Labute approximate surface area is 94.8 Å². The molecule has 0 heterocycles. The molecule has 0 unspecified atom stereocenters. The second-order valence-corrected chi connectivity index (χ2v) is 5.27. The fourth-order valence-corrected chi connectivity index (χ4v) is 2.82. The molecule has 0 amide bonds. The number of phenolic OH excluding ortho intramolecular Hbond substituents is 1. The van der Waals surface area contributed by atoms with Gasteiger partial charge in [0, 0.05) is 5.56 Å². The van der Waals surface area contributed by atoms with E-state index < -0.39 is 5.54 Å². The molecule has 0 saturated heterocycles. The van der Waals surface area contributed by atoms with E-state index in [2.05, 4.69) is 18.8 Å². The van der Waals surface area contributed by atoms with E-state index in [4.69, 9.17) is 0 Å². The summed E-state index contributed by atoms with van der Waals surface area (Å²) in [4.78, 5) is 14.5. The molecule has 0 radical (unpaired) electrons. The lowest BCUT2D eigenvalue weighted by Gasteiger charge is -2.50. The molecule has 3 heteroatoms. The van der Waals surface area contributed by atoms with E-state index in [9.17, 15) is 9.90 Å². The third-order valence-corrected chi connectivity index (χ3v) is 3.21. The van der Waals surface area contributed by atoms with Gasteiger partial charge in [0.1, 0.15) is 11.3 Å². The molecule has 1 fully saturated rings. The quantitative estimate of drug-likeness (QED) is 0.611. The molecular weight excluding hydrogens is 202 g/mol. The van der Waals surface area contributed by atoms with Gasteiger partial charge in [-0.1, -0.05) is 32.0 Å². The van der Waals surface area contributed by atoms with Crippen molar-refractivity contribution in [2.24, 2.45) is 10.4 Å². The zero-order chi connectivity index (χ0) is 11.8. The van der Waals surface area contributed by atoms with Crippen LogP contribution in [0, 0.1) is 5.41 Å². The van der Waals surface area contributed by atoms with Crippen molar-refractivity contribution in [1.82, 2.24) is 0 Å². The van der Waals surface area contributed by atoms with Gasteiger partial charge in [0.25, 0.3) is 0 Å². The van der Waals surface area contributed by atoms with Crippen LogP contribution in [0.5, 0.6) is 5.75 Å². The molecule has 1 aliphatic carbocycles. The topological polar surface area (TPSA) is 49.7 Å². The van der Waals surface area contributed by atoms with Crippen molar-refractivity contribution >= 4 is 6.08 Å². The van der Waals surface area contributed by atoms with Crippen molar-refractivity contribution in [2.45, 2.75) is 32.2 Å². The highest BCUT2D eigenvalue weighted by molar-refractivity contribution is 5.45. The summed E-state index contributed by atoms with van der Waals surface area (Å²) in [5.74, 6) is 0.206. The number of nitrogens with zero attached hydrogens (tertiary/aromatic N) is 1. The van der Waals surface area contributed by atoms with Crippen LogP contribution < -0.4 is 0 Å². The summed E-state index contributed by atoms with van der Waals surface area (Å²) in [5, 5.41) is 9.82. The fraction of sp³-hybridized carbons (Fsp3) is 0.462. The van der Waals surface area contributed by atoms with Gasteiger partial charge >= 0.3 is 0 Å². The third kappa shape index (κ3) is 1.63. The number of hydrogen-bond acceptors (Lipinski definition) is 3. The number of benzene rings is 1. The van der Waals surface area contributed by atoms with E-state index in [0.717, 1.165) is 18.4 Å². The largest absolute Gasteiger partial charge is 0.508 e. The van der Waals surface area contributed by atoms with Crippen molar-refractivity contribution in [3.05, 3.63) is 29.8 Å². The summed E-state index contributed by atoms with van der Waals surface area (Å²) in [6, 6.07) is 7.07. The second-order valence-electron chi connectivity index (χ2n) is 5.27. The van der Waals surface area contributed by atoms with E-state index in [1.54, 1.807) is 18.2 Å². The predicted molar refractivity (Wildman–Crippen MR) is 60.9 cm³/mol. The first kappa shape index (κ1) is 10.9. The van der Waals surface area contributed by atoms with Crippen LogP contribution in [-0.2, 0) is 10.3 Å². The van der Waals surface area contributed by atoms with Crippen molar-refractivity contribution in [2.75, 3.05) is 0 Å². The number of rotatable bonds is 2. The molecule has 1 saturated carbocycles. The van der Waals surface area contributed by atoms with Crippen LogP contribution in [0.1, 0.15) is 32.3 Å². The molecule has 1 aliphatic rings. The van der Waals surface area contributed by atoms with Gasteiger partial charge in [-0.05, 0) is 24.3 Å². The van der Waals surface area contributed by atoms with E-state index in [1.807, 2.05) is 12.1 Å². The minimum atomic E-state index is -0.559. The van der Waals surface area contributed by atoms with Gasteiger partial charge in [-0.2, -0.15) is 4.99 Å². The minimum Gasteiger partial charge on any atom is -0.508 e. The Morgan fingerprint density at radius 2 is 1.94 bits per heavy atom. The van der Waals surface area contributed by atoms with Crippen molar-refractivity contribution in [3.8, 4) is 5.75 Å². The zero-order valence-corrected chi connectivity index (χ0v) is 9.53. The summed E-state index contributed by atoms with van der Waals surface area (Å²) >= 11 is 0. The Balaban J connectivity index is 2.44. The summed E-state index contributed by atoms with van der Waals surface area (Å²) in [5.41, 5.74) is 0.344. The molecule has 0 atom stereocenters. The standard InChI is InChI=1S/C13H15NO2/c1-12(2)7-13(8-12,14-9-15)10-5-3-4-6-11(10)16/h3-6,16H,7-8H2,1-2H3. The average Bonchev–Trinajstić information content (AvgIpc) is 2.15. The monoisotopic (exact) mass is 217 g/mol. The van der Waals surface area contributed by atoms with Crippen LogP contribution in [0.2, 0.25) is 0 Å². The summed E-state index contributed by atoms with van der Waals surface area (Å²) < 4.78 is 0. The highest BCUT2D eigenvalue weighted by Crippen LogP contribution is 2.57. The lowest BCUT2D eigenvalue weighted by atomic mass is 9.57. The number of aliphatic imine (C=N–C) groups is 1. The maximum Gasteiger partial charge on any atom is 0.235 e. The Bertz CT molecular complexity index is 451. The Morgan fingerprint density at radius 1 is 1.31 bits per heavy atom. The van der Waals surface area contributed by atoms with Crippen molar-refractivity contribution < 1.29 is 9.90 Å². The molecule has 84 valence electrons. The average molecular weight is 217 g/mol. The molecule has 1 aromatic rings. The van der Waals surface area contributed by atoms with Gasteiger partial charge in [0.05, 0.1) is 0 Å². The van der Waals surface area contributed by atoms with Crippen molar-refractivity contribution in [1.29, 1.82) is 0 Å². The van der Waals surface area contributed by atoms with E-state index in [1.165, 1.54) is 0 Å². The first-order valence-corrected chi connectivity index (χ1v) is 5.37. The van der Waals surface area contributed by atoms with Crippen LogP contribution in [0.25, 0.3) is 0 Å². The lowest BCUT2D eigenvalue weighted by molar-refractivity contribution is 0.0620. The molecule has 2 rings (SSSR count). The van der Waals surface area contributed by atoms with Gasteiger partial charge in [-0.3, -0.25) is 0 Å². The van der Waals surface area contributed by atoms with Crippen molar-refractivity contribution in [3.63, 3.8) is 0 Å². The molecule has 1 aromatic carbocycles. The Kier molecular flexibility index (Phi) is 2.36. The summed E-state index contributed by atoms with van der Waals surface area (Å²) in [6.45, 7) is 4.26. The highest BCUT2D eigenvalue weighted by atomic mass is 16.3. The molecular formula is C13H15NO2. The van der Waals surface area contributed by atoms with Crippen LogP contribution in [0.3, 0.4) is 0 Å². The molecule has 0 aromatic heterocycles. The first-order valence-electron chi connectivity index (χ1n) is 5.37. The van der Waals surface area contributed by atoms with Gasteiger partial charge in [-0.25, -0.2) is 4.79 Å². The molecule has 1 N–H and O–H groups in total. The van der Waals surface area contributed by atoms with E-state index in [-0.39, 0.29) is 11.2 Å². The van der Waals surface area contributed by atoms with Gasteiger partial charge in [-0.15, -0.1) is 0 Å². The number of isocyanates is 1. The Morgan fingerprint density at radius 3 is 2.44 bits per heavy atom. The van der Waals surface area contributed by atoms with Crippen LogP contribution in [0.15, 0.2) is 29.3 Å². The second kappa shape index (κ2) is 3.46. The smallest absolute Gasteiger partial charge is 0.235 e. The fourth-order valence-electron chi connectivity index (χ4n) is 2.82. The minimum absolute atomic E-state index is 0.169. The Hall–Kier alpha value is -1.60. The first-order chi connectivity index (χ1) is 7.49. The maximum absolute atomic E-state index is 10.5. The third-order valence-electron chi connectivity index (χ3n) is 3.21. The van der Waals surface area contributed by atoms with Crippen LogP contribution in [-0.4, -0.2) is 11.2 Å². The predicted octanol–water partition coefficient (Wildman–Crippen LogP) is 2.74. The maximum atomic E-state index is 10.5.